The van der Waals surface area contributed by atoms with Crippen LogP contribution in [0, 0.1) is 0 Å². The van der Waals surface area contributed by atoms with Crippen LogP contribution in [0.25, 0.3) is 0 Å². The minimum absolute atomic E-state index is 0.00231. The summed E-state index contributed by atoms with van der Waals surface area (Å²) in [7, 11) is 0. The summed E-state index contributed by atoms with van der Waals surface area (Å²) in [6.45, 7) is 8.21. The van der Waals surface area contributed by atoms with Gasteiger partial charge in [0.05, 0.1) is 0 Å². The van der Waals surface area contributed by atoms with Crippen molar-refractivity contribution in [2.45, 2.75) is 39.3 Å². The summed E-state index contributed by atoms with van der Waals surface area (Å²) in [5.74, 6) is 0. The first-order chi connectivity index (χ1) is 4.39. The van der Waals surface area contributed by atoms with Crippen LogP contribution in [0.4, 0.5) is 0 Å². The number of hydrogen-bond donors (Lipinski definition) is 2. The summed E-state index contributed by atoms with van der Waals surface area (Å²) in [6, 6.07) is -0.00231. The summed E-state index contributed by atoms with van der Waals surface area (Å²) in [4.78, 5) is 0. The molecule has 0 aromatic heterocycles. The van der Waals surface area contributed by atoms with Crippen LogP contribution in [-0.4, -0.2) is 28.4 Å². The monoisotopic (exact) mass is 146 g/mol. The van der Waals surface area contributed by atoms with E-state index in [1.807, 2.05) is 27.7 Å². The molecule has 0 amide bonds. The molecule has 62 valence electrons. The average molecular weight is 146 g/mol. The molecule has 1 unspecified atom stereocenters. The summed E-state index contributed by atoms with van der Waals surface area (Å²) >= 11 is 0. The SMILES string of the molecule is CCN(O)C(C)C(C)(C)N. The van der Waals surface area contributed by atoms with Crippen LogP contribution in [0.2, 0.25) is 0 Å². The van der Waals surface area contributed by atoms with E-state index < -0.39 is 0 Å². The van der Waals surface area contributed by atoms with Gasteiger partial charge < -0.3 is 10.9 Å². The molecule has 0 aliphatic carbocycles. The Morgan fingerprint density at radius 1 is 1.60 bits per heavy atom. The first kappa shape index (κ1) is 9.88. The second-order valence-corrected chi connectivity index (χ2v) is 3.25. The quantitative estimate of drug-likeness (QED) is 0.580. The number of likely N-dealkylation sites (N-methyl/N-ethyl adjacent to an activating group) is 1. The number of rotatable bonds is 3. The molecule has 0 fully saturated rings. The Morgan fingerprint density at radius 2 is 2.00 bits per heavy atom. The normalized spacial score (nSPS) is 15.9. The lowest BCUT2D eigenvalue weighted by atomic mass is 9.97. The molecule has 0 aliphatic heterocycles. The van der Waals surface area contributed by atoms with E-state index in [4.69, 9.17) is 5.73 Å². The minimum atomic E-state index is -0.342. The largest absolute Gasteiger partial charge is 0.324 e. The Labute approximate surface area is 62.8 Å². The van der Waals surface area contributed by atoms with Gasteiger partial charge in [-0.1, -0.05) is 6.92 Å². The van der Waals surface area contributed by atoms with Gasteiger partial charge in [-0.3, -0.25) is 0 Å². The van der Waals surface area contributed by atoms with E-state index in [1.165, 1.54) is 5.06 Å². The zero-order valence-electron chi connectivity index (χ0n) is 7.26. The van der Waals surface area contributed by atoms with Crippen LogP contribution < -0.4 is 5.73 Å². The van der Waals surface area contributed by atoms with Gasteiger partial charge in [-0.05, 0) is 20.8 Å². The smallest absolute Gasteiger partial charge is 0.0496 e. The molecule has 0 saturated heterocycles. The number of hydroxylamine groups is 2. The van der Waals surface area contributed by atoms with Gasteiger partial charge in [0.2, 0.25) is 0 Å². The van der Waals surface area contributed by atoms with Gasteiger partial charge in [-0.15, -0.1) is 0 Å². The van der Waals surface area contributed by atoms with E-state index in [-0.39, 0.29) is 11.6 Å². The Hall–Kier alpha value is -0.120. The van der Waals surface area contributed by atoms with Crippen molar-refractivity contribution in [1.29, 1.82) is 0 Å². The molecule has 3 nitrogen and oxygen atoms in total. The Kier molecular flexibility index (Phi) is 3.28. The van der Waals surface area contributed by atoms with Crippen LogP contribution in [0.1, 0.15) is 27.7 Å². The van der Waals surface area contributed by atoms with E-state index >= 15 is 0 Å². The molecule has 0 saturated carbocycles. The Bertz CT molecular complexity index is 98.3. The lowest BCUT2D eigenvalue weighted by Crippen LogP contribution is -2.51. The highest BCUT2D eigenvalue weighted by Gasteiger charge is 2.24. The highest BCUT2D eigenvalue weighted by molar-refractivity contribution is 4.83. The lowest BCUT2D eigenvalue weighted by Gasteiger charge is -2.32. The Balaban J connectivity index is 3.94. The van der Waals surface area contributed by atoms with Crippen LogP contribution in [0.15, 0.2) is 0 Å². The molecule has 0 bridgehead atoms. The summed E-state index contributed by atoms with van der Waals surface area (Å²) in [6.07, 6.45) is 0. The zero-order valence-corrected chi connectivity index (χ0v) is 7.26. The van der Waals surface area contributed by atoms with Crippen molar-refractivity contribution in [1.82, 2.24) is 5.06 Å². The number of hydrogen-bond acceptors (Lipinski definition) is 3. The van der Waals surface area contributed by atoms with Gasteiger partial charge >= 0.3 is 0 Å². The maximum Gasteiger partial charge on any atom is 0.0496 e. The van der Waals surface area contributed by atoms with Crippen LogP contribution >= 0.6 is 0 Å². The summed E-state index contributed by atoms with van der Waals surface area (Å²) in [5.41, 5.74) is 5.41. The van der Waals surface area contributed by atoms with Crippen LogP contribution in [0.5, 0.6) is 0 Å². The van der Waals surface area contributed by atoms with E-state index in [1.54, 1.807) is 0 Å². The average Bonchev–Trinajstić information content (AvgIpc) is 1.83. The number of nitrogens with zero attached hydrogens (tertiary/aromatic N) is 1. The van der Waals surface area contributed by atoms with Gasteiger partial charge in [-0.2, -0.15) is 5.06 Å². The third-order valence-electron chi connectivity index (χ3n) is 1.85. The van der Waals surface area contributed by atoms with Crippen molar-refractivity contribution in [2.75, 3.05) is 6.54 Å². The molecule has 0 aliphatic rings. The predicted octanol–water partition coefficient (Wildman–Crippen LogP) is 0.823. The summed E-state index contributed by atoms with van der Waals surface area (Å²) < 4.78 is 0. The first-order valence-corrected chi connectivity index (χ1v) is 3.64. The minimum Gasteiger partial charge on any atom is -0.324 e. The standard InChI is InChI=1S/C7H18N2O/c1-5-9(10)6(2)7(3,4)8/h6,10H,5,8H2,1-4H3. The Morgan fingerprint density at radius 3 is 2.10 bits per heavy atom. The van der Waals surface area contributed by atoms with Crippen molar-refractivity contribution in [3.63, 3.8) is 0 Å². The molecule has 10 heavy (non-hydrogen) atoms. The first-order valence-electron chi connectivity index (χ1n) is 3.64. The fourth-order valence-electron chi connectivity index (χ4n) is 0.658. The van der Waals surface area contributed by atoms with Crippen LogP contribution in [-0.2, 0) is 0 Å². The molecule has 0 heterocycles. The van der Waals surface area contributed by atoms with Crippen molar-refractivity contribution >= 4 is 0 Å². The number of nitrogens with two attached hydrogens (primary N) is 1. The molecule has 0 aromatic carbocycles. The van der Waals surface area contributed by atoms with Gasteiger partial charge in [0, 0.05) is 18.1 Å². The maximum atomic E-state index is 9.22. The fraction of sp³-hybridized carbons (Fsp3) is 1.00. The van der Waals surface area contributed by atoms with Crippen molar-refractivity contribution in [3.8, 4) is 0 Å². The molecule has 0 spiro atoms. The van der Waals surface area contributed by atoms with E-state index in [9.17, 15) is 5.21 Å². The van der Waals surface area contributed by atoms with Gasteiger partial charge in [0.1, 0.15) is 0 Å². The lowest BCUT2D eigenvalue weighted by molar-refractivity contribution is -0.132. The fourth-order valence-corrected chi connectivity index (χ4v) is 0.658. The second kappa shape index (κ2) is 3.32. The zero-order chi connectivity index (χ0) is 8.36. The molecule has 1 atom stereocenters. The van der Waals surface area contributed by atoms with Gasteiger partial charge in [0.25, 0.3) is 0 Å². The van der Waals surface area contributed by atoms with Gasteiger partial charge in [0.15, 0.2) is 0 Å². The predicted molar refractivity (Wildman–Crippen MR) is 41.9 cm³/mol. The molecular formula is C7H18N2O. The molecule has 3 N–H and O–H groups in total. The van der Waals surface area contributed by atoms with E-state index in [0.717, 1.165) is 0 Å². The highest BCUT2D eigenvalue weighted by Crippen LogP contribution is 2.09. The molecule has 3 heteroatoms. The second-order valence-electron chi connectivity index (χ2n) is 3.25. The van der Waals surface area contributed by atoms with E-state index in [0.29, 0.717) is 6.54 Å². The molecular weight excluding hydrogens is 128 g/mol. The topological polar surface area (TPSA) is 49.5 Å². The van der Waals surface area contributed by atoms with Crippen molar-refractivity contribution < 1.29 is 5.21 Å². The third kappa shape index (κ3) is 2.64. The highest BCUT2D eigenvalue weighted by atomic mass is 16.5. The summed E-state index contributed by atoms with van der Waals surface area (Å²) in [5, 5.41) is 10.5. The van der Waals surface area contributed by atoms with Crippen LogP contribution in [0.3, 0.4) is 0 Å². The molecule has 0 rings (SSSR count). The third-order valence-corrected chi connectivity index (χ3v) is 1.85. The maximum absolute atomic E-state index is 9.22. The van der Waals surface area contributed by atoms with Crippen molar-refractivity contribution in [3.05, 3.63) is 0 Å². The molecule has 0 aromatic rings. The van der Waals surface area contributed by atoms with Crippen molar-refractivity contribution in [2.24, 2.45) is 5.73 Å². The van der Waals surface area contributed by atoms with Gasteiger partial charge in [-0.25, -0.2) is 0 Å². The van der Waals surface area contributed by atoms with E-state index in [2.05, 4.69) is 0 Å². The molecule has 0 radical (unpaired) electrons.